The van der Waals surface area contributed by atoms with Gasteiger partial charge in [0.2, 0.25) is 0 Å². The highest BCUT2D eigenvalue weighted by atomic mass is 16.3. The lowest BCUT2D eigenvalue weighted by Crippen LogP contribution is -2.39. The molecule has 3 aliphatic carbocycles. The maximum absolute atomic E-state index is 9.78. The van der Waals surface area contributed by atoms with Gasteiger partial charge in [0, 0.05) is 18.3 Å². The van der Waals surface area contributed by atoms with Crippen molar-refractivity contribution < 1.29 is 5.11 Å². The quantitative estimate of drug-likeness (QED) is 0.711. The number of imidazole rings is 1. The standard InChI is InChI=1S/C11H16N2O/c14-10-6-7-1-2-8(10)5-9(7)11-12-3-4-13-11/h3-4,7-10,14H,1-2,5-6H2,(H,12,13). The lowest BCUT2D eigenvalue weighted by molar-refractivity contribution is -0.0116. The Balaban J connectivity index is 1.84. The van der Waals surface area contributed by atoms with Crippen LogP contribution in [0.4, 0.5) is 0 Å². The normalized spacial score (nSPS) is 41.5. The van der Waals surface area contributed by atoms with Crippen LogP contribution in [-0.4, -0.2) is 21.2 Å². The van der Waals surface area contributed by atoms with Gasteiger partial charge in [0.05, 0.1) is 6.10 Å². The van der Waals surface area contributed by atoms with Crippen molar-refractivity contribution in [3.63, 3.8) is 0 Å². The van der Waals surface area contributed by atoms with E-state index in [9.17, 15) is 5.11 Å². The molecule has 4 atom stereocenters. The summed E-state index contributed by atoms with van der Waals surface area (Å²) in [6, 6.07) is 0. The van der Waals surface area contributed by atoms with Crippen molar-refractivity contribution >= 4 is 0 Å². The molecule has 0 radical (unpaired) electrons. The Bertz CT molecular complexity index is 309. The molecule has 4 unspecified atom stereocenters. The van der Waals surface area contributed by atoms with Crippen molar-refractivity contribution in [3.8, 4) is 0 Å². The van der Waals surface area contributed by atoms with Gasteiger partial charge in [0.1, 0.15) is 5.82 Å². The van der Waals surface area contributed by atoms with Crippen LogP contribution in [-0.2, 0) is 0 Å². The van der Waals surface area contributed by atoms with Gasteiger partial charge in [0.25, 0.3) is 0 Å². The van der Waals surface area contributed by atoms with Crippen molar-refractivity contribution in [2.75, 3.05) is 0 Å². The third-order valence-corrected chi connectivity index (χ3v) is 3.99. The molecule has 3 nitrogen and oxygen atoms in total. The molecule has 0 aromatic carbocycles. The Morgan fingerprint density at radius 2 is 2.14 bits per heavy atom. The number of nitrogens with one attached hydrogen (secondary N) is 1. The molecule has 76 valence electrons. The van der Waals surface area contributed by atoms with Gasteiger partial charge in [-0.3, -0.25) is 0 Å². The Kier molecular flexibility index (Phi) is 1.87. The predicted octanol–water partition coefficient (Wildman–Crippen LogP) is 1.67. The van der Waals surface area contributed by atoms with E-state index in [1.54, 1.807) is 0 Å². The van der Waals surface area contributed by atoms with Crippen LogP contribution in [0.25, 0.3) is 0 Å². The van der Waals surface area contributed by atoms with Crippen molar-refractivity contribution in [3.05, 3.63) is 18.2 Å². The minimum atomic E-state index is -0.0417. The van der Waals surface area contributed by atoms with E-state index < -0.39 is 0 Å². The number of aromatic amines is 1. The third kappa shape index (κ3) is 1.19. The van der Waals surface area contributed by atoms with Crippen LogP contribution in [0.15, 0.2) is 12.4 Å². The summed E-state index contributed by atoms with van der Waals surface area (Å²) < 4.78 is 0. The summed E-state index contributed by atoms with van der Waals surface area (Å²) in [5.74, 6) is 2.88. The number of fused-ring (bicyclic) bond motifs is 3. The van der Waals surface area contributed by atoms with Crippen LogP contribution in [0.3, 0.4) is 0 Å². The molecular formula is C11H16N2O. The first-order chi connectivity index (χ1) is 6.84. The monoisotopic (exact) mass is 192 g/mol. The molecule has 2 bridgehead atoms. The van der Waals surface area contributed by atoms with Crippen LogP contribution < -0.4 is 0 Å². The number of aliphatic hydroxyl groups excluding tert-OH is 1. The number of aliphatic hydroxyl groups is 1. The van der Waals surface area contributed by atoms with Crippen molar-refractivity contribution in [2.24, 2.45) is 11.8 Å². The molecule has 0 saturated heterocycles. The summed E-state index contributed by atoms with van der Waals surface area (Å²) in [4.78, 5) is 7.56. The van der Waals surface area contributed by atoms with Crippen LogP contribution in [0.1, 0.15) is 37.4 Å². The molecule has 3 heteroatoms. The van der Waals surface area contributed by atoms with Gasteiger partial charge < -0.3 is 10.1 Å². The average molecular weight is 192 g/mol. The summed E-state index contributed by atoms with van der Waals surface area (Å²) in [6.45, 7) is 0. The Morgan fingerprint density at radius 1 is 1.29 bits per heavy atom. The molecule has 1 heterocycles. The molecule has 14 heavy (non-hydrogen) atoms. The van der Waals surface area contributed by atoms with E-state index in [4.69, 9.17) is 0 Å². The highest BCUT2D eigenvalue weighted by Crippen LogP contribution is 2.48. The van der Waals surface area contributed by atoms with E-state index in [2.05, 4.69) is 9.97 Å². The second kappa shape index (κ2) is 3.09. The maximum Gasteiger partial charge on any atom is 0.109 e. The third-order valence-electron chi connectivity index (χ3n) is 3.99. The summed E-state index contributed by atoms with van der Waals surface area (Å²) in [6.07, 6.45) is 8.27. The fourth-order valence-corrected chi connectivity index (χ4v) is 3.22. The van der Waals surface area contributed by atoms with Crippen molar-refractivity contribution in [2.45, 2.75) is 37.7 Å². The maximum atomic E-state index is 9.78. The molecule has 3 saturated carbocycles. The first-order valence-corrected chi connectivity index (χ1v) is 5.52. The Morgan fingerprint density at radius 3 is 2.71 bits per heavy atom. The average Bonchev–Trinajstić information content (AvgIpc) is 2.71. The Labute approximate surface area is 83.6 Å². The number of aromatic nitrogens is 2. The van der Waals surface area contributed by atoms with Crippen molar-refractivity contribution in [1.29, 1.82) is 0 Å². The first-order valence-electron chi connectivity index (χ1n) is 5.52. The van der Waals surface area contributed by atoms with Gasteiger partial charge in [-0.1, -0.05) is 0 Å². The second-order valence-corrected chi connectivity index (χ2v) is 4.72. The molecular weight excluding hydrogens is 176 g/mol. The van der Waals surface area contributed by atoms with Gasteiger partial charge in [-0.25, -0.2) is 4.98 Å². The van der Waals surface area contributed by atoms with Gasteiger partial charge >= 0.3 is 0 Å². The van der Waals surface area contributed by atoms with Gasteiger partial charge in [-0.2, -0.15) is 0 Å². The predicted molar refractivity (Wildman–Crippen MR) is 52.8 cm³/mol. The van der Waals surface area contributed by atoms with Gasteiger partial charge in [-0.15, -0.1) is 0 Å². The molecule has 1 aromatic heterocycles. The van der Waals surface area contributed by atoms with E-state index in [0.717, 1.165) is 18.7 Å². The molecule has 3 aliphatic rings. The molecule has 0 spiro atoms. The lowest BCUT2D eigenvalue weighted by atomic mass is 9.63. The summed E-state index contributed by atoms with van der Waals surface area (Å²) in [7, 11) is 0. The number of hydrogen-bond donors (Lipinski definition) is 2. The number of H-pyrrole nitrogens is 1. The molecule has 0 amide bonds. The van der Waals surface area contributed by atoms with Crippen LogP contribution in [0, 0.1) is 11.8 Å². The lowest BCUT2D eigenvalue weighted by Gasteiger charge is -2.44. The highest BCUT2D eigenvalue weighted by molar-refractivity contribution is 5.06. The van der Waals surface area contributed by atoms with E-state index in [-0.39, 0.29) is 6.10 Å². The highest BCUT2D eigenvalue weighted by Gasteiger charge is 2.42. The van der Waals surface area contributed by atoms with Crippen LogP contribution in [0.5, 0.6) is 0 Å². The van der Waals surface area contributed by atoms with E-state index in [0.29, 0.717) is 17.8 Å². The summed E-state index contributed by atoms with van der Waals surface area (Å²) in [5, 5.41) is 9.78. The smallest absolute Gasteiger partial charge is 0.109 e. The summed E-state index contributed by atoms with van der Waals surface area (Å²) >= 11 is 0. The van der Waals surface area contributed by atoms with E-state index >= 15 is 0 Å². The molecule has 2 N–H and O–H groups in total. The van der Waals surface area contributed by atoms with Crippen molar-refractivity contribution in [1.82, 2.24) is 9.97 Å². The molecule has 3 fully saturated rings. The fraction of sp³-hybridized carbons (Fsp3) is 0.727. The van der Waals surface area contributed by atoms with Gasteiger partial charge in [-0.05, 0) is 37.5 Å². The fourth-order valence-electron chi connectivity index (χ4n) is 3.22. The van der Waals surface area contributed by atoms with Crippen LogP contribution in [0.2, 0.25) is 0 Å². The first kappa shape index (κ1) is 8.48. The van der Waals surface area contributed by atoms with Crippen LogP contribution >= 0.6 is 0 Å². The zero-order chi connectivity index (χ0) is 9.54. The zero-order valence-corrected chi connectivity index (χ0v) is 8.19. The van der Waals surface area contributed by atoms with E-state index in [1.165, 1.54) is 12.8 Å². The molecule has 4 rings (SSSR count). The molecule has 1 aromatic rings. The largest absolute Gasteiger partial charge is 0.393 e. The van der Waals surface area contributed by atoms with E-state index in [1.807, 2.05) is 12.4 Å². The number of hydrogen-bond acceptors (Lipinski definition) is 2. The topological polar surface area (TPSA) is 48.9 Å². The summed E-state index contributed by atoms with van der Waals surface area (Å²) in [5.41, 5.74) is 0. The second-order valence-electron chi connectivity index (χ2n) is 4.72. The Hall–Kier alpha value is -0.830. The minimum Gasteiger partial charge on any atom is -0.393 e. The zero-order valence-electron chi connectivity index (χ0n) is 8.19. The number of rotatable bonds is 1. The minimum absolute atomic E-state index is 0.0417. The van der Waals surface area contributed by atoms with Gasteiger partial charge in [0.15, 0.2) is 0 Å². The molecule has 0 aliphatic heterocycles. The number of nitrogens with zero attached hydrogens (tertiary/aromatic N) is 1. The SMILES string of the molecule is OC1CC2CCC1CC2c1ncc[nH]1.